The Morgan fingerprint density at radius 2 is 2.16 bits per heavy atom. The Morgan fingerprint density at radius 1 is 1.40 bits per heavy atom. The van der Waals surface area contributed by atoms with Crippen molar-refractivity contribution in [1.82, 2.24) is 9.88 Å². The molecule has 1 spiro atoms. The standard InChI is InChI=1S/C18H20N2O5/c1-11-13(19-16(25-11)14-3-2-8-24-14)9-15(21)20-6-4-18(5-7-20)10-12(18)17(22)23/h2-3,8,12H,4-7,9-10H2,1H3,(H,22,23). The maximum absolute atomic E-state index is 12.6. The first-order valence-electron chi connectivity index (χ1n) is 8.49. The number of aryl methyl sites for hydroxylation is 1. The molecule has 1 aliphatic carbocycles. The molecule has 25 heavy (non-hydrogen) atoms. The largest absolute Gasteiger partial charge is 0.481 e. The Kier molecular flexibility index (Phi) is 3.67. The van der Waals surface area contributed by atoms with Crippen molar-refractivity contribution in [3.8, 4) is 11.7 Å². The SMILES string of the molecule is Cc1oc(-c2ccco2)nc1CC(=O)N1CCC2(CC1)CC2C(=O)O. The van der Waals surface area contributed by atoms with E-state index < -0.39 is 5.97 Å². The third-order valence-electron chi connectivity index (χ3n) is 5.54. The van der Waals surface area contributed by atoms with Crippen molar-refractivity contribution in [3.63, 3.8) is 0 Å². The van der Waals surface area contributed by atoms with Gasteiger partial charge in [-0.25, -0.2) is 4.98 Å². The molecule has 1 amide bonds. The number of carbonyl (C=O) groups excluding carboxylic acids is 1. The molecular formula is C18H20N2O5. The third-order valence-corrected chi connectivity index (χ3v) is 5.54. The molecule has 2 aromatic heterocycles. The van der Waals surface area contributed by atoms with Gasteiger partial charge in [-0.2, -0.15) is 0 Å². The van der Waals surface area contributed by atoms with Crippen LogP contribution in [0.4, 0.5) is 0 Å². The molecule has 7 nitrogen and oxygen atoms in total. The maximum atomic E-state index is 12.6. The summed E-state index contributed by atoms with van der Waals surface area (Å²) in [6, 6.07) is 3.51. The fourth-order valence-corrected chi connectivity index (χ4v) is 3.80. The zero-order valence-electron chi connectivity index (χ0n) is 14.0. The van der Waals surface area contributed by atoms with E-state index >= 15 is 0 Å². The van der Waals surface area contributed by atoms with Crippen LogP contribution in [-0.2, 0) is 16.0 Å². The highest BCUT2D eigenvalue weighted by Crippen LogP contribution is 2.59. The summed E-state index contributed by atoms with van der Waals surface area (Å²) in [6.07, 6.45) is 4.02. The molecule has 2 aliphatic rings. The molecule has 132 valence electrons. The number of piperidine rings is 1. The summed E-state index contributed by atoms with van der Waals surface area (Å²) in [6.45, 7) is 3.02. The summed E-state index contributed by atoms with van der Waals surface area (Å²) in [4.78, 5) is 29.9. The van der Waals surface area contributed by atoms with Crippen LogP contribution in [0.3, 0.4) is 0 Å². The molecule has 1 saturated carbocycles. The Hall–Kier alpha value is -2.57. The Morgan fingerprint density at radius 3 is 2.76 bits per heavy atom. The highest BCUT2D eigenvalue weighted by Gasteiger charge is 2.59. The Labute approximate surface area is 144 Å². The Balaban J connectivity index is 1.38. The molecule has 4 rings (SSSR count). The van der Waals surface area contributed by atoms with E-state index in [4.69, 9.17) is 13.9 Å². The van der Waals surface area contributed by atoms with Crippen LogP contribution in [0.15, 0.2) is 27.2 Å². The zero-order chi connectivity index (χ0) is 17.6. The molecule has 0 aromatic carbocycles. The minimum atomic E-state index is -0.705. The molecule has 1 aliphatic heterocycles. The van der Waals surface area contributed by atoms with Gasteiger partial charge in [0.15, 0.2) is 5.76 Å². The van der Waals surface area contributed by atoms with E-state index in [-0.39, 0.29) is 23.7 Å². The van der Waals surface area contributed by atoms with E-state index in [0.29, 0.717) is 36.2 Å². The van der Waals surface area contributed by atoms with E-state index in [1.807, 2.05) is 4.90 Å². The smallest absolute Gasteiger partial charge is 0.307 e. The first-order chi connectivity index (χ1) is 12.0. The Bertz CT molecular complexity index is 800. The minimum Gasteiger partial charge on any atom is -0.481 e. The summed E-state index contributed by atoms with van der Waals surface area (Å²) < 4.78 is 10.9. The molecule has 1 N–H and O–H groups in total. The quantitative estimate of drug-likeness (QED) is 0.915. The fraction of sp³-hybridized carbons (Fsp3) is 0.500. The molecule has 0 radical (unpaired) electrons. The normalized spacial score (nSPS) is 21.5. The lowest BCUT2D eigenvalue weighted by atomic mass is 9.90. The third kappa shape index (κ3) is 2.83. The second-order valence-electron chi connectivity index (χ2n) is 7.01. The number of aromatic nitrogens is 1. The van der Waals surface area contributed by atoms with Crippen molar-refractivity contribution < 1.29 is 23.5 Å². The van der Waals surface area contributed by atoms with Crippen molar-refractivity contribution >= 4 is 11.9 Å². The van der Waals surface area contributed by atoms with Crippen LogP contribution >= 0.6 is 0 Å². The number of oxazole rings is 1. The molecule has 2 aromatic rings. The number of rotatable bonds is 4. The summed E-state index contributed by atoms with van der Waals surface area (Å²) in [5.41, 5.74) is 0.547. The summed E-state index contributed by atoms with van der Waals surface area (Å²) in [5, 5.41) is 9.14. The van der Waals surface area contributed by atoms with Crippen molar-refractivity contribution in [2.45, 2.75) is 32.6 Å². The molecule has 1 saturated heterocycles. The van der Waals surface area contributed by atoms with Crippen LogP contribution in [0.2, 0.25) is 0 Å². The molecular weight excluding hydrogens is 324 g/mol. The predicted octanol–water partition coefficient (Wildman–Crippen LogP) is 2.50. The van der Waals surface area contributed by atoms with Crippen LogP contribution < -0.4 is 0 Å². The number of furan rings is 1. The van der Waals surface area contributed by atoms with E-state index in [9.17, 15) is 9.59 Å². The number of nitrogens with zero attached hydrogens (tertiary/aromatic N) is 2. The van der Waals surface area contributed by atoms with Crippen LogP contribution in [0.5, 0.6) is 0 Å². The van der Waals surface area contributed by atoms with Crippen molar-refractivity contribution in [2.24, 2.45) is 11.3 Å². The van der Waals surface area contributed by atoms with Gasteiger partial charge in [-0.15, -0.1) is 0 Å². The van der Waals surface area contributed by atoms with Gasteiger partial charge in [0.05, 0.1) is 24.3 Å². The van der Waals surface area contributed by atoms with Crippen molar-refractivity contribution in [1.29, 1.82) is 0 Å². The number of carboxylic acids is 1. The lowest BCUT2D eigenvalue weighted by molar-refractivity contribution is -0.139. The summed E-state index contributed by atoms with van der Waals surface area (Å²) >= 11 is 0. The van der Waals surface area contributed by atoms with Crippen LogP contribution in [0.25, 0.3) is 11.7 Å². The average Bonchev–Trinajstić information content (AvgIpc) is 2.94. The molecule has 1 atom stereocenters. The van der Waals surface area contributed by atoms with E-state index in [1.54, 1.807) is 25.3 Å². The molecule has 2 fully saturated rings. The second-order valence-corrected chi connectivity index (χ2v) is 7.01. The number of likely N-dealkylation sites (tertiary alicyclic amines) is 1. The molecule has 1 unspecified atom stereocenters. The number of aliphatic carboxylic acids is 1. The molecule has 0 bridgehead atoms. The van der Waals surface area contributed by atoms with Crippen LogP contribution in [0.1, 0.15) is 30.7 Å². The minimum absolute atomic E-state index is 0.00442. The van der Waals surface area contributed by atoms with E-state index in [2.05, 4.69) is 4.98 Å². The number of hydrogen-bond acceptors (Lipinski definition) is 5. The van der Waals surface area contributed by atoms with Gasteiger partial charge in [0.25, 0.3) is 5.89 Å². The van der Waals surface area contributed by atoms with Gasteiger partial charge in [0.2, 0.25) is 5.91 Å². The predicted molar refractivity (Wildman–Crippen MR) is 86.6 cm³/mol. The molecule has 3 heterocycles. The lowest BCUT2D eigenvalue weighted by Crippen LogP contribution is -2.40. The van der Waals surface area contributed by atoms with Crippen molar-refractivity contribution in [3.05, 3.63) is 29.9 Å². The van der Waals surface area contributed by atoms with Gasteiger partial charge in [-0.05, 0) is 43.7 Å². The number of amides is 1. The average molecular weight is 344 g/mol. The van der Waals surface area contributed by atoms with Crippen LogP contribution in [-0.4, -0.2) is 40.0 Å². The lowest BCUT2D eigenvalue weighted by Gasteiger charge is -2.32. The highest BCUT2D eigenvalue weighted by molar-refractivity contribution is 5.79. The van der Waals surface area contributed by atoms with E-state index in [1.165, 1.54) is 0 Å². The van der Waals surface area contributed by atoms with Crippen LogP contribution in [0, 0.1) is 18.3 Å². The second kappa shape index (κ2) is 5.75. The monoisotopic (exact) mass is 344 g/mol. The van der Waals surface area contributed by atoms with Gasteiger partial charge in [0.1, 0.15) is 5.76 Å². The van der Waals surface area contributed by atoms with Gasteiger partial charge in [-0.3, -0.25) is 9.59 Å². The summed E-state index contributed by atoms with van der Waals surface area (Å²) in [7, 11) is 0. The highest BCUT2D eigenvalue weighted by atomic mass is 16.4. The molecule has 7 heteroatoms. The van der Waals surface area contributed by atoms with Gasteiger partial charge in [-0.1, -0.05) is 0 Å². The fourth-order valence-electron chi connectivity index (χ4n) is 3.80. The zero-order valence-corrected chi connectivity index (χ0v) is 14.0. The van der Waals surface area contributed by atoms with E-state index in [0.717, 1.165) is 19.3 Å². The summed E-state index contributed by atoms with van der Waals surface area (Å²) in [5.74, 6) is 0.605. The first kappa shape index (κ1) is 15.9. The van der Waals surface area contributed by atoms with Gasteiger partial charge in [0, 0.05) is 13.1 Å². The topological polar surface area (TPSA) is 96.8 Å². The number of hydrogen-bond donors (Lipinski definition) is 1. The number of carbonyl (C=O) groups is 2. The first-order valence-corrected chi connectivity index (χ1v) is 8.49. The van der Waals surface area contributed by atoms with Crippen molar-refractivity contribution in [2.75, 3.05) is 13.1 Å². The maximum Gasteiger partial charge on any atom is 0.307 e. The van der Waals surface area contributed by atoms with Gasteiger partial charge < -0.3 is 18.8 Å². The van der Waals surface area contributed by atoms with Gasteiger partial charge >= 0.3 is 5.97 Å². The number of carboxylic acid groups (broad SMARTS) is 1.